The fourth-order valence-electron chi connectivity index (χ4n) is 1.27. The highest BCUT2D eigenvalue weighted by Crippen LogP contribution is 2.17. The van der Waals surface area contributed by atoms with E-state index in [0.29, 0.717) is 4.31 Å². The van der Waals surface area contributed by atoms with Crippen LogP contribution >= 0.6 is 0 Å². The van der Waals surface area contributed by atoms with Crippen molar-refractivity contribution in [1.29, 1.82) is 0 Å². The Bertz CT molecular complexity index is 479. The summed E-state index contributed by atoms with van der Waals surface area (Å²) >= 11 is 0. The van der Waals surface area contributed by atoms with Crippen molar-refractivity contribution in [3.05, 3.63) is 24.0 Å². The third-order valence-corrected chi connectivity index (χ3v) is 4.02. The Labute approximate surface area is 98.3 Å². The molecule has 0 atom stereocenters. The van der Waals surface area contributed by atoms with Crippen LogP contribution in [-0.2, 0) is 16.6 Å². The van der Waals surface area contributed by atoms with E-state index in [0.717, 1.165) is 7.05 Å². The van der Waals surface area contributed by atoms with Crippen molar-refractivity contribution < 1.29 is 17.2 Å². The van der Waals surface area contributed by atoms with Crippen molar-refractivity contribution in [2.75, 3.05) is 13.6 Å². The van der Waals surface area contributed by atoms with Crippen molar-refractivity contribution in [2.24, 2.45) is 5.73 Å². The molecule has 1 rings (SSSR count). The Hall–Kier alpha value is -1.12. The summed E-state index contributed by atoms with van der Waals surface area (Å²) in [7, 11) is -2.87. The first-order valence-electron chi connectivity index (χ1n) is 4.78. The van der Waals surface area contributed by atoms with Crippen LogP contribution in [0, 0.1) is 0 Å². The van der Waals surface area contributed by atoms with Gasteiger partial charge in [0.05, 0.1) is 12.2 Å². The number of aromatic nitrogens is 1. The highest BCUT2D eigenvalue weighted by Gasteiger charge is 2.26. The Morgan fingerprint density at radius 3 is 2.71 bits per heavy atom. The molecule has 0 spiro atoms. The van der Waals surface area contributed by atoms with Crippen molar-refractivity contribution in [2.45, 2.75) is 17.9 Å². The van der Waals surface area contributed by atoms with Crippen LogP contribution in [0.3, 0.4) is 0 Å². The maximum absolute atomic E-state index is 12.2. The molecule has 0 aromatic carbocycles. The maximum Gasteiger partial charge on any atom is 0.252 e. The Balaban J connectivity index is 3.13. The van der Waals surface area contributed by atoms with Gasteiger partial charge in [0.15, 0.2) is 0 Å². The van der Waals surface area contributed by atoms with Gasteiger partial charge >= 0.3 is 0 Å². The lowest BCUT2D eigenvalue weighted by atomic mass is 10.3. The summed E-state index contributed by atoms with van der Waals surface area (Å²) < 4.78 is 48.8. The number of nitrogens with two attached hydrogens (primary N) is 1. The molecule has 0 aliphatic rings. The first-order valence-corrected chi connectivity index (χ1v) is 6.22. The van der Waals surface area contributed by atoms with Crippen molar-refractivity contribution in [1.82, 2.24) is 9.29 Å². The third-order valence-electron chi connectivity index (χ3n) is 2.13. The number of rotatable bonds is 5. The molecule has 1 aromatic heterocycles. The Kier molecular flexibility index (Phi) is 4.49. The summed E-state index contributed by atoms with van der Waals surface area (Å²) in [5.74, 6) is 0. The van der Waals surface area contributed by atoms with Crippen LogP contribution in [0.4, 0.5) is 8.78 Å². The zero-order chi connectivity index (χ0) is 13.1. The van der Waals surface area contributed by atoms with Crippen LogP contribution in [0.5, 0.6) is 0 Å². The van der Waals surface area contributed by atoms with E-state index in [1.807, 2.05) is 0 Å². The Morgan fingerprint density at radius 1 is 1.53 bits per heavy atom. The van der Waals surface area contributed by atoms with Gasteiger partial charge in [-0.1, -0.05) is 0 Å². The number of halogens is 2. The van der Waals surface area contributed by atoms with Gasteiger partial charge in [-0.25, -0.2) is 17.2 Å². The topological polar surface area (TPSA) is 76.3 Å². The number of pyridine rings is 1. The molecule has 0 bridgehead atoms. The molecular weight excluding hydrogens is 252 g/mol. The number of alkyl halides is 2. The minimum Gasteiger partial charge on any atom is -0.325 e. The van der Waals surface area contributed by atoms with Crippen LogP contribution in [0.2, 0.25) is 0 Å². The number of sulfonamides is 1. The Morgan fingerprint density at radius 2 is 2.18 bits per heavy atom. The predicted molar refractivity (Wildman–Crippen MR) is 57.9 cm³/mol. The van der Waals surface area contributed by atoms with E-state index >= 15 is 0 Å². The minimum absolute atomic E-state index is 0.0715. The van der Waals surface area contributed by atoms with Crippen molar-refractivity contribution >= 4 is 10.0 Å². The van der Waals surface area contributed by atoms with Crippen LogP contribution in [-0.4, -0.2) is 37.7 Å². The predicted octanol–water partition coefficient (Wildman–Crippen LogP) is 0.426. The minimum atomic E-state index is -3.97. The lowest BCUT2D eigenvalue weighted by molar-refractivity contribution is 0.126. The fraction of sp³-hybridized carbons (Fsp3) is 0.444. The molecule has 17 heavy (non-hydrogen) atoms. The standard InChI is InChI=1S/C9H13F2N3O2S/c1-14(6-9(10)11)17(15,16)8-3-2-4-13-7(8)5-12/h2-4,9H,5-6,12H2,1H3. The lowest BCUT2D eigenvalue weighted by Gasteiger charge is -2.17. The highest BCUT2D eigenvalue weighted by molar-refractivity contribution is 7.89. The zero-order valence-electron chi connectivity index (χ0n) is 9.18. The zero-order valence-corrected chi connectivity index (χ0v) is 9.99. The average molecular weight is 265 g/mol. The molecule has 0 fully saturated rings. The van der Waals surface area contributed by atoms with Gasteiger partial charge in [0.1, 0.15) is 4.90 Å². The van der Waals surface area contributed by atoms with E-state index in [1.54, 1.807) is 0 Å². The molecule has 2 N–H and O–H groups in total. The van der Waals surface area contributed by atoms with Crippen LogP contribution in [0.15, 0.2) is 23.2 Å². The summed E-state index contributed by atoms with van der Waals surface area (Å²) in [6.45, 7) is -0.931. The first-order chi connectivity index (χ1) is 7.89. The summed E-state index contributed by atoms with van der Waals surface area (Å²) in [6, 6.07) is 2.72. The van der Waals surface area contributed by atoms with E-state index < -0.39 is 23.0 Å². The molecular formula is C9H13F2N3O2S. The maximum atomic E-state index is 12.2. The fourth-order valence-corrected chi connectivity index (χ4v) is 2.60. The molecule has 1 aromatic rings. The van der Waals surface area contributed by atoms with Gasteiger partial charge in [0.2, 0.25) is 10.0 Å². The molecule has 0 amide bonds. The smallest absolute Gasteiger partial charge is 0.252 e. The normalized spacial score (nSPS) is 12.4. The van der Waals surface area contributed by atoms with E-state index in [4.69, 9.17) is 5.73 Å². The van der Waals surface area contributed by atoms with Crippen molar-refractivity contribution in [3.8, 4) is 0 Å². The molecule has 96 valence electrons. The first kappa shape index (κ1) is 13.9. The molecule has 0 aliphatic carbocycles. The van der Waals surface area contributed by atoms with Gasteiger partial charge in [-0.3, -0.25) is 4.98 Å². The number of hydrogen-bond donors (Lipinski definition) is 1. The van der Waals surface area contributed by atoms with Gasteiger partial charge in [-0.05, 0) is 12.1 Å². The van der Waals surface area contributed by atoms with Crippen LogP contribution in [0.25, 0.3) is 0 Å². The van der Waals surface area contributed by atoms with Gasteiger partial charge in [0, 0.05) is 19.8 Å². The molecule has 0 saturated heterocycles. The molecule has 8 heteroatoms. The third kappa shape index (κ3) is 3.18. The molecule has 0 unspecified atom stereocenters. The van der Waals surface area contributed by atoms with E-state index in [-0.39, 0.29) is 17.1 Å². The quantitative estimate of drug-likeness (QED) is 0.837. The van der Waals surface area contributed by atoms with E-state index in [9.17, 15) is 17.2 Å². The second kappa shape index (κ2) is 5.48. The summed E-state index contributed by atoms with van der Waals surface area (Å²) in [6.07, 6.45) is -1.33. The number of nitrogens with zero attached hydrogens (tertiary/aromatic N) is 2. The second-order valence-corrected chi connectivity index (χ2v) is 5.34. The van der Waals surface area contributed by atoms with Gasteiger partial charge in [-0.15, -0.1) is 0 Å². The summed E-state index contributed by atoms with van der Waals surface area (Å²) in [5.41, 5.74) is 5.52. The lowest BCUT2D eigenvalue weighted by Crippen LogP contribution is -2.32. The summed E-state index contributed by atoms with van der Waals surface area (Å²) in [4.78, 5) is 3.67. The van der Waals surface area contributed by atoms with Gasteiger partial charge < -0.3 is 5.73 Å². The second-order valence-electron chi connectivity index (χ2n) is 3.33. The van der Waals surface area contributed by atoms with Gasteiger partial charge in [0.25, 0.3) is 6.43 Å². The van der Waals surface area contributed by atoms with E-state index in [1.165, 1.54) is 18.3 Å². The average Bonchev–Trinajstić information content (AvgIpc) is 2.28. The van der Waals surface area contributed by atoms with Crippen LogP contribution in [0.1, 0.15) is 5.69 Å². The molecule has 0 saturated carbocycles. The van der Waals surface area contributed by atoms with Crippen LogP contribution < -0.4 is 5.73 Å². The molecule has 0 aliphatic heterocycles. The van der Waals surface area contributed by atoms with Crippen molar-refractivity contribution in [3.63, 3.8) is 0 Å². The van der Waals surface area contributed by atoms with E-state index in [2.05, 4.69) is 4.98 Å². The molecule has 5 nitrogen and oxygen atoms in total. The summed E-state index contributed by atoms with van der Waals surface area (Å²) in [5, 5.41) is 0. The highest BCUT2D eigenvalue weighted by atomic mass is 32.2. The van der Waals surface area contributed by atoms with Gasteiger partial charge in [-0.2, -0.15) is 4.31 Å². The largest absolute Gasteiger partial charge is 0.325 e. The monoisotopic (exact) mass is 265 g/mol. The molecule has 1 heterocycles. The molecule has 0 radical (unpaired) electrons. The SMILES string of the molecule is CN(CC(F)F)S(=O)(=O)c1cccnc1CN. The number of hydrogen-bond acceptors (Lipinski definition) is 4.